The van der Waals surface area contributed by atoms with Crippen LogP contribution >= 0.6 is 0 Å². The molecule has 2 unspecified atom stereocenters. The molecule has 0 fully saturated rings. The summed E-state index contributed by atoms with van der Waals surface area (Å²) in [7, 11) is 0. The van der Waals surface area contributed by atoms with E-state index < -0.39 is 0 Å². The van der Waals surface area contributed by atoms with Crippen LogP contribution < -0.4 is 10.6 Å². The van der Waals surface area contributed by atoms with Gasteiger partial charge in [0.1, 0.15) is 5.75 Å². The van der Waals surface area contributed by atoms with Gasteiger partial charge in [-0.15, -0.1) is 0 Å². The molecule has 0 radical (unpaired) electrons. The number of carbonyl (C=O) groups excluding carboxylic acids is 1. The minimum Gasteiger partial charge on any atom is -0.508 e. The van der Waals surface area contributed by atoms with Gasteiger partial charge in [0.05, 0.1) is 0 Å². The van der Waals surface area contributed by atoms with Crippen LogP contribution in [0.25, 0.3) is 0 Å². The normalized spacial score (nSPS) is 13.8. The summed E-state index contributed by atoms with van der Waals surface area (Å²) in [5.41, 5.74) is 1.17. The predicted molar refractivity (Wildman–Crippen MR) is 81.8 cm³/mol. The van der Waals surface area contributed by atoms with Gasteiger partial charge in [-0.25, -0.2) is 0 Å². The summed E-state index contributed by atoms with van der Waals surface area (Å²) in [5, 5.41) is 15.5. The second-order valence-corrected chi connectivity index (χ2v) is 5.34. The molecule has 0 bridgehead atoms. The molecular formula is C16H26N2O2. The van der Waals surface area contributed by atoms with E-state index in [0.29, 0.717) is 6.42 Å². The van der Waals surface area contributed by atoms with E-state index in [1.165, 1.54) is 5.56 Å². The molecule has 1 amide bonds. The lowest BCUT2D eigenvalue weighted by Crippen LogP contribution is -2.37. The standard InChI is InChI=1S/C16H26N2O2/c1-4-17-13(3)11-16(20)18-12(2)5-6-14-7-9-15(19)10-8-14/h7-10,12-13,17,19H,4-6,11H2,1-3H3,(H,18,20). The maximum absolute atomic E-state index is 11.8. The third-order valence-electron chi connectivity index (χ3n) is 3.25. The minimum absolute atomic E-state index is 0.0941. The zero-order chi connectivity index (χ0) is 15.0. The number of rotatable bonds is 8. The first-order valence-corrected chi connectivity index (χ1v) is 7.32. The van der Waals surface area contributed by atoms with Crippen molar-refractivity contribution in [2.45, 2.75) is 52.1 Å². The number of amides is 1. The summed E-state index contributed by atoms with van der Waals surface area (Å²) in [6.45, 7) is 6.96. The smallest absolute Gasteiger partial charge is 0.221 e. The summed E-state index contributed by atoms with van der Waals surface area (Å²) in [5.74, 6) is 0.379. The summed E-state index contributed by atoms with van der Waals surface area (Å²) in [6, 6.07) is 7.58. The van der Waals surface area contributed by atoms with Crippen molar-refractivity contribution in [2.24, 2.45) is 0 Å². The Bertz CT molecular complexity index is 403. The lowest BCUT2D eigenvalue weighted by Gasteiger charge is -2.16. The van der Waals surface area contributed by atoms with Gasteiger partial charge < -0.3 is 15.7 Å². The van der Waals surface area contributed by atoms with Gasteiger partial charge in [-0.1, -0.05) is 19.1 Å². The van der Waals surface area contributed by atoms with Crippen LogP contribution in [0.3, 0.4) is 0 Å². The zero-order valence-electron chi connectivity index (χ0n) is 12.6. The van der Waals surface area contributed by atoms with E-state index in [2.05, 4.69) is 10.6 Å². The zero-order valence-corrected chi connectivity index (χ0v) is 12.6. The first-order valence-electron chi connectivity index (χ1n) is 7.32. The summed E-state index contributed by atoms with van der Waals surface area (Å²) in [6.07, 6.45) is 2.30. The molecule has 0 saturated carbocycles. The van der Waals surface area contributed by atoms with Crippen molar-refractivity contribution < 1.29 is 9.90 Å². The Morgan fingerprint density at radius 1 is 1.20 bits per heavy atom. The highest BCUT2D eigenvalue weighted by Gasteiger charge is 2.11. The van der Waals surface area contributed by atoms with E-state index in [0.717, 1.165) is 19.4 Å². The quantitative estimate of drug-likeness (QED) is 0.683. The van der Waals surface area contributed by atoms with Crippen LogP contribution in [-0.2, 0) is 11.2 Å². The number of aryl methyl sites for hydroxylation is 1. The van der Waals surface area contributed by atoms with Crippen molar-refractivity contribution in [3.63, 3.8) is 0 Å². The summed E-state index contributed by atoms with van der Waals surface area (Å²) >= 11 is 0. The highest BCUT2D eigenvalue weighted by atomic mass is 16.3. The molecule has 1 rings (SSSR count). The first-order chi connectivity index (χ1) is 9.51. The fraction of sp³-hybridized carbons (Fsp3) is 0.562. The number of phenolic OH excluding ortho intramolecular Hbond substituents is 1. The minimum atomic E-state index is 0.0941. The van der Waals surface area contributed by atoms with Crippen LogP contribution in [-0.4, -0.2) is 29.6 Å². The first kappa shape index (κ1) is 16.5. The summed E-state index contributed by atoms with van der Waals surface area (Å²) in [4.78, 5) is 11.8. The van der Waals surface area contributed by atoms with Gasteiger partial charge in [-0.2, -0.15) is 0 Å². The van der Waals surface area contributed by atoms with E-state index >= 15 is 0 Å². The van der Waals surface area contributed by atoms with Gasteiger partial charge in [0.25, 0.3) is 0 Å². The Hall–Kier alpha value is -1.55. The number of aromatic hydroxyl groups is 1. The van der Waals surface area contributed by atoms with Gasteiger partial charge >= 0.3 is 0 Å². The van der Waals surface area contributed by atoms with Crippen LogP contribution in [0, 0.1) is 0 Å². The maximum Gasteiger partial charge on any atom is 0.221 e. The van der Waals surface area contributed by atoms with Crippen molar-refractivity contribution in [1.29, 1.82) is 0 Å². The largest absolute Gasteiger partial charge is 0.508 e. The lowest BCUT2D eigenvalue weighted by molar-refractivity contribution is -0.122. The maximum atomic E-state index is 11.8. The number of benzene rings is 1. The average Bonchev–Trinajstić information content (AvgIpc) is 2.38. The molecule has 0 spiro atoms. The molecule has 4 nitrogen and oxygen atoms in total. The molecule has 3 N–H and O–H groups in total. The molecule has 0 saturated heterocycles. The van der Waals surface area contributed by atoms with Crippen molar-refractivity contribution in [3.05, 3.63) is 29.8 Å². The second-order valence-electron chi connectivity index (χ2n) is 5.34. The predicted octanol–water partition coefficient (Wildman–Crippen LogP) is 2.22. The van der Waals surface area contributed by atoms with E-state index in [-0.39, 0.29) is 23.7 Å². The molecule has 0 heterocycles. The molecule has 20 heavy (non-hydrogen) atoms. The van der Waals surface area contributed by atoms with Crippen LogP contribution in [0.2, 0.25) is 0 Å². The number of nitrogens with one attached hydrogen (secondary N) is 2. The number of hydrogen-bond donors (Lipinski definition) is 3. The van der Waals surface area contributed by atoms with Crippen molar-refractivity contribution >= 4 is 5.91 Å². The fourth-order valence-electron chi connectivity index (χ4n) is 2.15. The van der Waals surface area contributed by atoms with Gasteiger partial charge in [-0.05, 0) is 50.9 Å². The number of phenols is 1. The van der Waals surface area contributed by atoms with E-state index in [1.54, 1.807) is 12.1 Å². The van der Waals surface area contributed by atoms with Crippen molar-refractivity contribution in [1.82, 2.24) is 10.6 Å². The third-order valence-corrected chi connectivity index (χ3v) is 3.25. The Kier molecular flexibility index (Phi) is 7.09. The number of hydrogen-bond acceptors (Lipinski definition) is 3. The Balaban J connectivity index is 2.27. The van der Waals surface area contributed by atoms with Crippen molar-refractivity contribution in [2.75, 3.05) is 6.54 Å². The molecular weight excluding hydrogens is 252 g/mol. The monoisotopic (exact) mass is 278 g/mol. The fourth-order valence-corrected chi connectivity index (χ4v) is 2.15. The molecule has 0 aliphatic carbocycles. The van der Waals surface area contributed by atoms with Gasteiger partial charge in [0.15, 0.2) is 0 Å². The van der Waals surface area contributed by atoms with Crippen LogP contribution in [0.4, 0.5) is 0 Å². The van der Waals surface area contributed by atoms with E-state index in [1.807, 2.05) is 32.9 Å². The molecule has 112 valence electrons. The molecule has 4 heteroatoms. The highest BCUT2D eigenvalue weighted by Crippen LogP contribution is 2.11. The number of carbonyl (C=O) groups is 1. The molecule has 0 aromatic heterocycles. The molecule has 1 aromatic carbocycles. The van der Waals surface area contributed by atoms with E-state index in [9.17, 15) is 9.90 Å². The molecule has 0 aliphatic heterocycles. The Morgan fingerprint density at radius 2 is 1.85 bits per heavy atom. The topological polar surface area (TPSA) is 61.4 Å². The SMILES string of the molecule is CCNC(C)CC(=O)NC(C)CCc1ccc(O)cc1. The van der Waals surface area contributed by atoms with Crippen LogP contribution in [0.5, 0.6) is 5.75 Å². The van der Waals surface area contributed by atoms with Crippen LogP contribution in [0.1, 0.15) is 39.2 Å². The van der Waals surface area contributed by atoms with Crippen LogP contribution in [0.15, 0.2) is 24.3 Å². The highest BCUT2D eigenvalue weighted by molar-refractivity contribution is 5.76. The third kappa shape index (κ3) is 6.57. The Labute approximate surface area is 121 Å². The van der Waals surface area contributed by atoms with Gasteiger partial charge in [-0.3, -0.25) is 4.79 Å². The average molecular weight is 278 g/mol. The van der Waals surface area contributed by atoms with Gasteiger partial charge in [0, 0.05) is 18.5 Å². The molecule has 0 aliphatic rings. The van der Waals surface area contributed by atoms with Gasteiger partial charge in [0.2, 0.25) is 5.91 Å². The summed E-state index contributed by atoms with van der Waals surface area (Å²) < 4.78 is 0. The lowest BCUT2D eigenvalue weighted by atomic mass is 10.1. The second kappa shape index (κ2) is 8.59. The van der Waals surface area contributed by atoms with E-state index in [4.69, 9.17) is 0 Å². The Morgan fingerprint density at radius 3 is 2.45 bits per heavy atom. The van der Waals surface area contributed by atoms with Crippen molar-refractivity contribution in [3.8, 4) is 5.75 Å². The molecule has 1 aromatic rings. The molecule has 2 atom stereocenters.